The Bertz CT molecular complexity index is 1020. The van der Waals surface area contributed by atoms with E-state index < -0.39 is 5.97 Å². The first-order valence-electron chi connectivity index (χ1n) is 8.14. The molecule has 0 aromatic heterocycles. The molecule has 0 saturated heterocycles. The van der Waals surface area contributed by atoms with Crippen molar-refractivity contribution >= 4 is 33.9 Å². The standard InChI is InChI=1S/C22H14BrNO2/c23-19-9-5-4-8-18(19)14-20-22(25)26-21(24-20)17-12-10-16(11-13-17)15-6-2-1-3-7-15/h1-14H/b20-14-. The Hall–Kier alpha value is -2.98. The summed E-state index contributed by atoms with van der Waals surface area (Å²) in [6, 6.07) is 25.6. The Kier molecular flexibility index (Phi) is 4.50. The molecule has 0 amide bonds. The van der Waals surface area contributed by atoms with Gasteiger partial charge in [-0.1, -0.05) is 76.6 Å². The van der Waals surface area contributed by atoms with Crippen LogP contribution in [0.3, 0.4) is 0 Å². The van der Waals surface area contributed by atoms with E-state index in [9.17, 15) is 4.79 Å². The smallest absolute Gasteiger partial charge is 0.363 e. The highest BCUT2D eigenvalue weighted by Crippen LogP contribution is 2.25. The van der Waals surface area contributed by atoms with Gasteiger partial charge in [0.15, 0.2) is 5.70 Å². The van der Waals surface area contributed by atoms with Gasteiger partial charge in [-0.25, -0.2) is 9.79 Å². The summed E-state index contributed by atoms with van der Waals surface area (Å²) in [6.45, 7) is 0. The van der Waals surface area contributed by atoms with Gasteiger partial charge < -0.3 is 4.74 Å². The van der Waals surface area contributed by atoms with Gasteiger partial charge in [-0.05, 0) is 41.0 Å². The molecule has 0 aliphatic carbocycles. The summed E-state index contributed by atoms with van der Waals surface area (Å²) in [7, 11) is 0. The number of hydrogen-bond donors (Lipinski definition) is 0. The maximum absolute atomic E-state index is 12.1. The first kappa shape index (κ1) is 16.5. The summed E-state index contributed by atoms with van der Waals surface area (Å²) < 4.78 is 6.24. The lowest BCUT2D eigenvalue weighted by atomic mass is 10.0. The Morgan fingerprint density at radius 3 is 2.12 bits per heavy atom. The van der Waals surface area contributed by atoms with Crippen LogP contribution in [0.25, 0.3) is 17.2 Å². The molecule has 126 valence electrons. The Balaban J connectivity index is 1.62. The molecule has 0 bridgehead atoms. The highest BCUT2D eigenvalue weighted by molar-refractivity contribution is 9.10. The minimum absolute atomic E-state index is 0.291. The molecular formula is C22H14BrNO2. The zero-order chi connectivity index (χ0) is 17.9. The normalized spacial score (nSPS) is 15.0. The Morgan fingerprint density at radius 1 is 0.769 bits per heavy atom. The number of rotatable bonds is 3. The maximum Gasteiger partial charge on any atom is 0.363 e. The van der Waals surface area contributed by atoms with Gasteiger partial charge in [0, 0.05) is 10.0 Å². The summed E-state index contributed by atoms with van der Waals surface area (Å²) in [6.07, 6.45) is 1.72. The molecule has 0 radical (unpaired) electrons. The van der Waals surface area contributed by atoms with E-state index in [1.54, 1.807) is 6.08 Å². The lowest BCUT2D eigenvalue weighted by Crippen LogP contribution is -2.05. The largest absolute Gasteiger partial charge is 0.402 e. The van der Waals surface area contributed by atoms with E-state index in [0.29, 0.717) is 11.6 Å². The van der Waals surface area contributed by atoms with Crippen LogP contribution in [0.15, 0.2) is 94.0 Å². The van der Waals surface area contributed by atoms with Gasteiger partial charge in [0.25, 0.3) is 0 Å². The minimum Gasteiger partial charge on any atom is -0.402 e. The second-order valence-electron chi connectivity index (χ2n) is 5.80. The zero-order valence-electron chi connectivity index (χ0n) is 13.7. The summed E-state index contributed by atoms with van der Waals surface area (Å²) in [5.74, 6) is -0.115. The van der Waals surface area contributed by atoms with Crippen LogP contribution in [-0.4, -0.2) is 11.9 Å². The molecule has 3 nitrogen and oxygen atoms in total. The molecular weight excluding hydrogens is 390 g/mol. The van der Waals surface area contributed by atoms with Crippen molar-refractivity contribution in [2.75, 3.05) is 0 Å². The number of esters is 1. The molecule has 26 heavy (non-hydrogen) atoms. The summed E-state index contributed by atoms with van der Waals surface area (Å²) in [4.78, 5) is 16.5. The average Bonchev–Trinajstić information content (AvgIpc) is 3.05. The third-order valence-corrected chi connectivity index (χ3v) is 4.78. The summed E-state index contributed by atoms with van der Waals surface area (Å²) in [5.41, 5.74) is 4.18. The quantitative estimate of drug-likeness (QED) is 0.430. The molecule has 0 N–H and O–H groups in total. The number of carbonyl (C=O) groups is 1. The van der Waals surface area contributed by atoms with Crippen LogP contribution in [0.5, 0.6) is 0 Å². The van der Waals surface area contributed by atoms with Crippen molar-refractivity contribution in [3.8, 4) is 11.1 Å². The first-order chi connectivity index (χ1) is 12.7. The summed E-state index contributed by atoms with van der Waals surface area (Å²) >= 11 is 3.47. The van der Waals surface area contributed by atoms with Crippen molar-refractivity contribution in [2.24, 2.45) is 4.99 Å². The molecule has 0 unspecified atom stereocenters. The van der Waals surface area contributed by atoms with Crippen LogP contribution in [0.1, 0.15) is 11.1 Å². The second-order valence-corrected chi connectivity index (χ2v) is 6.66. The molecule has 4 heteroatoms. The van der Waals surface area contributed by atoms with Crippen LogP contribution in [0.2, 0.25) is 0 Å². The second kappa shape index (κ2) is 7.10. The molecule has 3 aromatic rings. The molecule has 0 saturated carbocycles. The van der Waals surface area contributed by atoms with E-state index >= 15 is 0 Å². The fraction of sp³-hybridized carbons (Fsp3) is 0. The third-order valence-electron chi connectivity index (χ3n) is 4.06. The van der Waals surface area contributed by atoms with E-state index in [-0.39, 0.29) is 0 Å². The number of hydrogen-bond acceptors (Lipinski definition) is 3. The van der Waals surface area contributed by atoms with E-state index in [1.807, 2.05) is 66.7 Å². The number of aliphatic imine (C=N–C) groups is 1. The molecule has 1 aliphatic rings. The number of carbonyl (C=O) groups excluding carboxylic acids is 1. The molecule has 0 fully saturated rings. The number of halogens is 1. The first-order valence-corrected chi connectivity index (χ1v) is 8.93. The van der Waals surface area contributed by atoms with E-state index in [2.05, 4.69) is 33.1 Å². The zero-order valence-corrected chi connectivity index (χ0v) is 15.3. The minimum atomic E-state index is -0.442. The van der Waals surface area contributed by atoms with Crippen molar-refractivity contribution in [1.82, 2.24) is 0 Å². The predicted molar refractivity (Wildman–Crippen MR) is 107 cm³/mol. The van der Waals surface area contributed by atoms with Crippen molar-refractivity contribution in [1.29, 1.82) is 0 Å². The van der Waals surface area contributed by atoms with Gasteiger partial charge in [0.2, 0.25) is 5.90 Å². The Labute approximate surface area is 159 Å². The topological polar surface area (TPSA) is 38.7 Å². The van der Waals surface area contributed by atoms with Gasteiger partial charge in [0.05, 0.1) is 0 Å². The number of benzene rings is 3. The van der Waals surface area contributed by atoms with E-state index in [0.717, 1.165) is 26.7 Å². The van der Waals surface area contributed by atoms with Crippen LogP contribution in [-0.2, 0) is 9.53 Å². The van der Waals surface area contributed by atoms with Gasteiger partial charge in [-0.2, -0.15) is 0 Å². The molecule has 0 atom stereocenters. The summed E-state index contributed by atoms with van der Waals surface area (Å²) in [5, 5.41) is 0. The van der Waals surface area contributed by atoms with Crippen molar-refractivity contribution < 1.29 is 9.53 Å². The molecule has 1 aliphatic heterocycles. The van der Waals surface area contributed by atoms with Gasteiger partial charge in [-0.15, -0.1) is 0 Å². The average molecular weight is 404 g/mol. The number of cyclic esters (lactones) is 1. The molecule has 0 spiro atoms. The lowest BCUT2D eigenvalue weighted by Gasteiger charge is -2.03. The highest BCUT2D eigenvalue weighted by atomic mass is 79.9. The highest BCUT2D eigenvalue weighted by Gasteiger charge is 2.24. The van der Waals surface area contributed by atoms with Gasteiger partial charge in [0.1, 0.15) is 0 Å². The van der Waals surface area contributed by atoms with Crippen LogP contribution >= 0.6 is 15.9 Å². The molecule has 1 heterocycles. The number of nitrogens with zero attached hydrogens (tertiary/aromatic N) is 1. The Morgan fingerprint density at radius 2 is 1.38 bits per heavy atom. The van der Waals surface area contributed by atoms with Crippen LogP contribution in [0.4, 0.5) is 0 Å². The van der Waals surface area contributed by atoms with Crippen molar-refractivity contribution in [3.05, 3.63) is 100 Å². The monoisotopic (exact) mass is 403 g/mol. The van der Waals surface area contributed by atoms with Gasteiger partial charge >= 0.3 is 5.97 Å². The van der Waals surface area contributed by atoms with E-state index in [1.165, 1.54) is 0 Å². The fourth-order valence-corrected chi connectivity index (χ4v) is 3.11. The van der Waals surface area contributed by atoms with Crippen molar-refractivity contribution in [2.45, 2.75) is 0 Å². The van der Waals surface area contributed by atoms with Crippen LogP contribution < -0.4 is 0 Å². The third kappa shape index (κ3) is 3.37. The molecule has 4 rings (SSSR count). The van der Waals surface area contributed by atoms with E-state index in [4.69, 9.17) is 4.74 Å². The maximum atomic E-state index is 12.1. The fourth-order valence-electron chi connectivity index (χ4n) is 2.71. The predicted octanol–water partition coefficient (Wildman–Crippen LogP) is 5.46. The lowest BCUT2D eigenvalue weighted by molar-refractivity contribution is -0.129. The number of ether oxygens (including phenoxy) is 1. The molecule has 3 aromatic carbocycles. The van der Waals surface area contributed by atoms with Crippen molar-refractivity contribution in [3.63, 3.8) is 0 Å². The van der Waals surface area contributed by atoms with Crippen LogP contribution in [0, 0.1) is 0 Å². The SMILES string of the molecule is O=C1OC(c2ccc(-c3ccccc3)cc2)=N/C1=C\c1ccccc1Br. The van der Waals surface area contributed by atoms with Gasteiger partial charge in [-0.3, -0.25) is 0 Å².